The molecule has 0 unspecified atom stereocenters. The van der Waals surface area contributed by atoms with Crippen molar-refractivity contribution in [3.8, 4) is 0 Å². The number of rotatable bonds is 7. The molecule has 1 aromatic heterocycles. The van der Waals surface area contributed by atoms with E-state index in [0.29, 0.717) is 5.13 Å². The standard InChI is InChI=1S/C9H13N3O4S/c1-2-6-10-11-9(17-6)12(5-8(15)16)4-3-7(13)14/h2-5H2,1H3,(H,13,14)(H,15,16). The monoisotopic (exact) mass is 259 g/mol. The maximum atomic E-state index is 10.7. The number of hydrogen-bond donors (Lipinski definition) is 2. The number of aliphatic carboxylic acids is 2. The Balaban J connectivity index is 2.73. The van der Waals surface area contributed by atoms with Gasteiger partial charge in [-0.3, -0.25) is 9.59 Å². The van der Waals surface area contributed by atoms with Crippen LogP contribution in [0.15, 0.2) is 0 Å². The Bertz CT molecular complexity index is 407. The highest BCUT2D eigenvalue weighted by Crippen LogP contribution is 2.20. The van der Waals surface area contributed by atoms with Gasteiger partial charge >= 0.3 is 11.9 Å². The van der Waals surface area contributed by atoms with Crippen molar-refractivity contribution < 1.29 is 19.8 Å². The minimum atomic E-state index is -1.02. The molecule has 0 atom stereocenters. The molecule has 0 fully saturated rings. The zero-order chi connectivity index (χ0) is 12.8. The zero-order valence-electron chi connectivity index (χ0n) is 9.29. The molecular weight excluding hydrogens is 246 g/mol. The maximum Gasteiger partial charge on any atom is 0.323 e. The third-order valence-electron chi connectivity index (χ3n) is 1.95. The van der Waals surface area contributed by atoms with Gasteiger partial charge in [0, 0.05) is 6.54 Å². The quantitative estimate of drug-likeness (QED) is 0.733. The van der Waals surface area contributed by atoms with Crippen molar-refractivity contribution in [1.29, 1.82) is 0 Å². The molecule has 0 amide bonds. The van der Waals surface area contributed by atoms with Crippen LogP contribution in [-0.4, -0.2) is 45.4 Å². The first-order valence-corrected chi connectivity index (χ1v) is 5.85. The van der Waals surface area contributed by atoms with Crippen molar-refractivity contribution in [2.45, 2.75) is 19.8 Å². The van der Waals surface area contributed by atoms with Gasteiger partial charge in [0.1, 0.15) is 11.6 Å². The molecule has 0 radical (unpaired) electrons. The number of carbonyl (C=O) groups is 2. The minimum absolute atomic E-state index is 0.111. The van der Waals surface area contributed by atoms with Gasteiger partial charge < -0.3 is 15.1 Å². The van der Waals surface area contributed by atoms with Gasteiger partial charge in [-0.2, -0.15) is 0 Å². The molecule has 0 aliphatic carbocycles. The minimum Gasteiger partial charge on any atom is -0.481 e. The van der Waals surface area contributed by atoms with Gasteiger partial charge in [0.05, 0.1) is 6.42 Å². The van der Waals surface area contributed by atoms with Crippen LogP contribution in [-0.2, 0) is 16.0 Å². The largest absolute Gasteiger partial charge is 0.481 e. The lowest BCUT2D eigenvalue weighted by Gasteiger charge is -2.17. The molecule has 0 aliphatic rings. The van der Waals surface area contributed by atoms with Gasteiger partial charge in [-0.1, -0.05) is 18.3 Å². The van der Waals surface area contributed by atoms with Crippen LogP contribution in [0.4, 0.5) is 5.13 Å². The first kappa shape index (κ1) is 13.4. The third kappa shape index (κ3) is 4.35. The van der Waals surface area contributed by atoms with Gasteiger partial charge in [-0.25, -0.2) is 0 Å². The molecule has 1 heterocycles. The van der Waals surface area contributed by atoms with E-state index in [-0.39, 0.29) is 19.5 Å². The van der Waals surface area contributed by atoms with E-state index in [2.05, 4.69) is 10.2 Å². The van der Waals surface area contributed by atoms with Crippen LogP contribution < -0.4 is 4.90 Å². The number of aromatic nitrogens is 2. The second kappa shape index (κ2) is 6.14. The number of aryl methyl sites for hydroxylation is 1. The summed E-state index contributed by atoms with van der Waals surface area (Å²) < 4.78 is 0. The number of carboxylic acids is 2. The summed E-state index contributed by atoms with van der Waals surface area (Å²) in [4.78, 5) is 22.6. The molecule has 0 aliphatic heterocycles. The first-order valence-electron chi connectivity index (χ1n) is 5.03. The number of hydrogen-bond acceptors (Lipinski definition) is 6. The molecule has 2 N–H and O–H groups in total. The van der Waals surface area contributed by atoms with E-state index < -0.39 is 11.9 Å². The van der Waals surface area contributed by atoms with Crippen molar-refractivity contribution in [3.05, 3.63) is 5.01 Å². The Hall–Kier alpha value is -1.70. The summed E-state index contributed by atoms with van der Waals surface area (Å²) >= 11 is 1.28. The summed E-state index contributed by atoms with van der Waals surface area (Å²) in [6, 6.07) is 0. The second-order valence-corrected chi connectivity index (χ2v) is 4.33. The molecule has 0 bridgehead atoms. The highest BCUT2D eigenvalue weighted by molar-refractivity contribution is 7.15. The third-order valence-corrected chi connectivity index (χ3v) is 3.08. The normalized spacial score (nSPS) is 10.2. The predicted octanol–water partition coefficient (Wildman–Crippen LogP) is 0.466. The van der Waals surface area contributed by atoms with Crippen LogP contribution in [0.2, 0.25) is 0 Å². The summed E-state index contributed by atoms with van der Waals surface area (Å²) in [5.41, 5.74) is 0. The predicted molar refractivity (Wildman–Crippen MR) is 61.4 cm³/mol. The first-order chi connectivity index (χ1) is 8.02. The summed E-state index contributed by atoms with van der Waals surface area (Å²) in [5, 5.41) is 26.3. The van der Waals surface area contributed by atoms with Gasteiger partial charge in [-0.05, 0) is 6.42 Å². The fourth-order valence-corrected chi connectivity index (χ4v) is 1.95. The van der Waals surface area contributed by atoms with E-state index in [1.807, 2.05) is 6.92 Å². The van der Waals surface area contributed by atoms with E-state index in [1.54, 1.807) is 0 Å². The molecule has 17 heavy (non-hydrogen) atoms. The average Bonchev–Trinajstić information content (AvgIpc) is 2.71. The maximum absolute atomic E-state index is 10.7. The molecule has 0 spiro atoms. The van der Waals surface area contributed by atoms with Gasteiger partial charge in [0.15, 0.2) is 0 Å². The smallest absolute Gasteiger partial charge is 0.323 e. The van der Waals surface area contributed by atoms with E-state index in [0.717, 1.165) is 11.4 Å². The van der Waals surface area contributed by atoms with Crippen molar-refractivity contribution in [3.63, 3.8) is 0 Å². The topological polar surface area (TPSA) is 104 Å². The van der Waals surface area contributed by atoms with Crippen molar-refractivity contribution in [2.24, 2.45) is 0 Å². The molecule has 0 saturated heterocycles. The lowest BCUT2D eigenvalue weighted by Crippen LogP contribution is -2.31. The summed E-state index contributed by atoms with van der Waals surface area (Å²) in [6.45, 7) is 1.76. The lowest BCUT2D eigenvalue weighted by molar-refractivity contribution is -0.138. The van der Waals surface area contributed by atoms with Crippen LogP contribution in [0.25, 0.3) is 0 Å². The molecule has 0 saturated carbocycles. The summed E-state index contributed by atoms with van der Waals surface area (Å²) in [6.07, 6.45) is 0.589. The summed E-state index contributed by atoms with van der Waals surface area (Å²) in [5.74, 6) is -2.00. The Labute approximate surface area is 102 Å². The Morgan fingerprint density at radius 3 is 2.47 bits per heavy atom. The molecule has 1 aromatic rings. The SMILES string of the molecule is CCc1nnc(N(CCC(=O)O)CC(=O)O)s1. The van der Waals surface area contributed by atoms with Crippen molar-refractivity contribution >= 4 is 28.4 Å². The zero-order valence-corrected chi connectivity index (χ0v) is 10.1. The van der Waals surface area contributed by atoms with Crippen LogP contribution in [0.1, 0.15) is 18.4 Å². The average molecular weight is 259 g/mol. The van der Waals surface area contributed by atoms with E-state index in [4.69, 9.17) is 10.2 Å². The second-order valence-electron chi connectivity index (χ2n) is 3.29. The van der Waals surface area contributed by atoms with Crippen molar-refractivity contribution in [1.82, 2.24) is 10.2 Å². The van der Waals surface area contributed by atoms with E-state index in [1.165, 1.54) is 16.2 Å². The fraction of sp³-hybridized carbons (Fsp3) is 0.556. The number of nitrogens with zero attached hydrogens (tertiary/aromatic N) is 3. The van der Waals surface area contributed by atoms with Gasteiger partial charge in [-0.15, -0.1) is 10.2 Å². The van der Waals surface area contributed by atoms with Gasteiger partial charge in [0.25, 0.3) is 0 Å². The van der Waals surface area contributed by atoms with Crippen molar-refractivity contribution in [2.75, 3.05) is 18.0 Å². The summed E-state index contributed by atoms with van der Waals surface area (Å²) in [7, 11) is 0. The Morgan fingerprint density at radius 1 is 1.29 bits per heavy atom. The molecular formula is C9H13N3O4S. The number of anilines is 1. The molecule has 7 nitrogen and oxygen atoms in total. The highest BCUT2D eigenvalue weighted by atomic mass is 32.1. The molecule has 1 rings (SSSR count). The highest BCUT2D eigenvalue weighted by Gasteiger charge is 2.16. The van der Waals surface area contributed by atoms with Crippen LogP contribution >= 0.6 is 11.3 Å². The van der Waals surface area contributed by atoms with E-state index >= 15 is 0 Å². The van der Waals surface area contributed by atoms with Crippen LogP contribution in [0.3, 0.4) is 0 Å². The lowest BCUT2D eigenvalue weighted by atomic mass is 10.4. The molecule has 0 aromatic carbocycles. The molecule has 8 heteroatoms. The van der Waals surface area contributed by atoms with Crippen LogP contribution in [0, 0.1) is 0 Å². The fourth-order valence-electron chi connectivity index (χ4n) is 1.15. The Morgan fingerprint density at radius 2 is 2.00 bits per heavy atom. The number of carboxylic acid groups (broad SMARTS) is 2. The molecule has 94 valence electrons. The van der Waals surface area contributed by atoms with Gasteiger partial charge in [0.2, 0.25) is 5.13 Å². The van der Waals surface area contributed by atoms with E-state index in [9.17, 15) is 9.59 Å². The Kier molecular flexibility index (Phi) is 4.83. The van der Waals surface area contributed by atoms with Crippen LogP contribution in [0.5, 0.6) is 0 Å².